The van der Waals surface area contributed by atoms with Gasteiger partial charge < -0.3 is 10.2 Å². The van der Waals surface area contributed by atoms with Crippen molar-refractivity contribution in [1.82, 2.24) is 10.2 Å². The van der Waals surface area contributed by atoms with Gasteiger partial charge in [-0.25, -0.2) is 0 Å². The molecule has 0 unspecified atom stereocenters. The molecule has 1 saturated heterocycles. The van der Waals surface area contributed by atoms with Gasteiger partial charge in [0.05, 0.1) is 0 Å². The van der Waals surface area contributed by atoms with E-state index in [1.165, 1.54) is 29.2 Å². The molecular weight excluding hydrogens is 286 g/mol. The van der Waals surface area contributed by atoms with Gasteiger partial charge in [0.2, 0.25) is 5.91 Å². The summed E-state index contributed by atoms with van der Waals surface area (Å²) in [4.78, 5) is 25.7. The quantitative estimate of drug-likeness (QED) is 0.868. The van der Waals surface area contributed by atoms with E-state index in [0.29, 0.717) is 35.3 Å². The minimum atomic E-state index is -2.48. The predicted octanol–water partition coefficient (Wildman–Crippen LogP) is 1.96. The molecule has 1 atom stereocenters. The average molecular weight is 300 g/mol. The van der Waals surface area contributed by atoms with Crippen LogP contribution in [0.3, 0.4) is 0 Å². The normalized spacial score (nSPS) is 19.1. The fourth-order valence-corrected chi connectivity index (χ4v) is 2.50. The number of nitrogens with one attached hydrogen (secondary N) is 1. The molecule has 0 saturated carbocycles. The maximum absolute atomic E-state index is 12.3. The molecular formula is C13H14F2N2O2S. The first-order valence-corrected chi connectivity index (χ1v) is 7.00. The number of carbonyl (C=O) groups excluding carboxylic acids is 2. The van der Waals surface area contributed by atoms with Gasteiger partial charge in [-0.05, 0) is 31.2 Å². The molecule has 0 aliphatic carbocycles. The zero-order valence-electron chi connectivity index (χ0n) is 10.8. The SMILES string of the molecule is C[C@@H]1C(=O)NCCN1C(=O)c1ccc(SC(F)F)cc1. The Hall–Kier alpha value is -1.63. The fourth-order valence-electron chi connectivity index (χ4n) is 2.00. The second-order valence-corrected chi connectivity index (χ2v) is 5.43. The zero-order valence-corrected chi connectivity index (χ0v) is 11.6. The molecule has 1 N–H and O–H groups in total. The van der Waals surface area contributed by atoms with Crippen LogP contribution < -0.4 is 5.32 Å². The Bertz CT molecular complexity index is 508. The Labute approximate surface area is 119 Å². The van der Waals surface area contributed by atoms with Crippen molar-refractivity contribution in [2.75, 3.05) is 13.1 Å². The molecule has 1 fully saturated rings. The van der Waals surface area contributed by atoms with Crippen LogP contribution in [0, 0.1) is 0 Å². The van der Waals surface area contributed by atoms with Crippen molar-refractivity contribution in [1.29, 1.82) is 0 Å². The number of hydrogen-bond acceptors (Lipinski definition) is 3. The zero-order chi connectivity index (χ0) is 14.7. The highest BCUT2D eigenvalue weighted by atomic mass is 32.2. The third kappa shape index (κ3) is 3.27. The lowest BCUT2D eigenvalue weighted by Gasteiger charge is -2.32. The second kappa shape index (κ2) is 6.21. The monoisotopic (exact) mass is 300 g/mol. The number of nitrogens with zero attached hydrogens (tertiary/aromatic N) is 1. The summed E-state index contributed by atoms with van der Waals surface area (Å²) in [6.45, 7) is 2.53. The van der Waals surface area contributed by atoms with E-state index in [1.54, 1.807) is 6.92 Å². The third-order valence-electron chi connectivity index (χ3n) is 3.09. The summed E-state index contributed by atoms with van der Waals surface area (Å²) >= 11 is 0.433. The molecule has 4 nitrogen and oxygen atoms in total. The van der Waals surface area contributed by atoms with Gasteiger partial charge >= 0.3 is 0 Å². The van der Waals surface area contributed by atoms with Gasteiger partial charge in [-0.2, -0.15) is 8.78 Å². The van der Waals surface area contributed by atoms with Gasteiger partial charge in [-0.1, -0.05) is 11.8 Å². The molecule has 108 valence electrons. The van der Waals surface area contributed by atoms with Crippen molar-refractivity contribution in [2.45, 2.75) is 23.6 Å². The minimum Gasteiger partial charge on any atom is -0.353 e. The molecule has 0 bridgehead atoms. The van der Waals surface area contributed by atoms with E-state index < -0.39 is 11.8 Å². The second-order valence-electron chi connectivity index (χ2n) is 4.37. The van der Waals surface area contributed by atoms with E-state index in [-0.39, 0.29) is 11.8 Å². The molecule has 0 aromatic heterocycles. The van der Waals surface area contributed by atoms with Gasteiger partial charge in [0.1, 0.15) is 6.04 Å². The van der Waals surface area contributed by atoms with E-state index >= 15 is 0 Å². The molecule has 2 rings (SSSR count). The number of piperazine rings is 1. The van der Waals surface area contributed by atoms with Crippen molar-refractivity contribution < 1.29 is 18.4 Å². The van der Waals surface area contributed by atoms with Crippen molar-refractivity contribution >= 4 is 23.6 Å². The van der Waals surface area contributed by atoms with Crippen molar-refractivity contribution in [3.63, 3.8) is 0 Å². The van der Waals surface area contributed by atoms with Crippen LogP contribution >= 0.6 is 11.8 Å². The first-order valence-electron chi connectivity index (χ1n) is 6.12. The number of halogens is 2. The maximum Gasteiger partial charge on any atom is 0.288 e. The fraction of sp³-hybridized carbons (Fsp3) is 0.385. The Kier molecular flexibility index (Phi) is 4.59. The molecule has 1 aliphatic rings. The third-order valence-corrected chi connectivity index (χ3v) is 3.81. The summed E-state index contributed by atoms with van der Waals surface area (Å²) in [5.41, 5.74) is 0.394. The van der Waals surface area contributed by atoms with Gasteiger partial charge in [-0.3, -0.25) is 9.59 Å². The number of alkyl halides is 2. The minimum absolute atomic E-state index is 0.186. The van der Waals surface area contributed by atoms with Gasteiger partial charge in [-0.15, -0.1) is 0 Å². The Balaban J connectivity index is 2.10. The average Bonchev–Trinajstić information content (AvgIpc) is 2.41. The lowest BCUT2D eigenvalue weighted by Crippen LogP contribution is -2.55. The van der Waals surface area contributed by atoms with Gasteiger partial charge in [0.25, 0.3) is 11.7 Å². The molecule has 20 heavy (non-hydrogen) atoms. The van der Waals surface area contributed by atoms with E-state index in [1.807, 2.05) is 0 Å². The molecule has 7 heteroatoms. The lowest BCUT2D eigenvalue weighted by atomic mass is 10.1. The summed E-state index contributed by atoms with van der Waals surface area (Å²) in [5, 5.41) is 2.68. The highest BCUT2D eigenvalue weighted by molar-refractivity contribution is 7.99. The van der Waals surface area contributed by atoms with E-state index in [9.17, 15) is 18.4 Å². The van der Waals surface area contributed by atoms with Crippen LogP contribution in [0.15, 0.2) is 29.2 Å². The number of hydrogen-bond donors (Lipinski definition) is 1. The van der Waals surface area contributed by atoms with Crippen molar-refractivity contribution in [2.24, 2.45) is 0 Å². The van der Waals surface area contributed by atoms with Crippen LogP contribution in [-0.2, 0) is 4.79 Å². The molecule has 1 aliphatic heterocycles. The maximum atomic E-state index is 12.3. The standard InChI is InChI=1S/C13H14F2N2O2S/c1-8-11(18)16-6-7-17(8)12(19)9-2-4-10(5-3-9)20-13(14)15/h2-5,8,13H,6-7H2,1H3,(H,16,18)/t8-/m1/s1. The predicted molar refractivity (Wildman–Crippen MR) is 71.8 cm³/mol. The summed E-state index contributed by atoms with van der Waals surface area (Å²) < 4.78 is 24.4. The van der Waals surface area contributed by atoms with Crippen LogP contribution in [0.1, 0.15) is 17.3 Å². The molecule has 1 aromatic rings. The Morgan fingerprint density at radius 1 is 1.40 bits per heavy atom. The number of thioether (sulfide) groups is 1. The number of rotatable bonds is 3. The van der Waals surface area contributed by atoms with Crippen LogP contribution in [0.4, 0.5) is 8.78 Å². The van der Waals surface area contributed by atoms with Crippen LogP contribution in [0.2, 0.25) is 0 Å². The number of benzene rings is 1. The molecule has 1 aromatic carbocycles. The van der Waals surface area contributed by atoms with E-state index in [0.717, 1.165) is 0 Å². The largest absolute Gasteiger partial charge is 0.353 e. The van der Waals surface area contributed by atoms with E-state index in [4.69, 9.17) is 0 Å². The molecule has 0 radical (unpaired) electrons. The lowest BCUT2D eigenvalue weighted by molar-refractivity contribution is -0.127. The topological polar surface area (TPSA) is 49.4 Å². The molecule has 2 amide bonds. The highest BCUT2D eigenvalue weighted by Crippen LogP contribution is 2.25. The van der Waals surface area contributed by atoms with Crippen LogP contribution in [0.25, 0.3) is 0 Å². The number of carbonyl (C=O) groups is 2. The van der Waals surface area contributed by atoms with Crippen LogP contribution in [0.5, 0.6) is 0 Å². The first-order chi connectivity index (χ1) is 9.49. The van der Waals surface area contributed by atoms with Crippen LogP contribution in [-0.4, -0.2) is 41.6 Å². The summed E-state index contributed by atoms with van der Waals surface area (Å²) in [7, 11) is 0. The van der Waals surface area contributed by atoms with Gasteiger partial charge in [0.15, 0.2) is 0 Å². The Morgan fingerprint density at radius 3 is 2.65 bits per heavy atom. The molecule has 0 spiro atoms. The smallest absolute Gasteiger partial charge is 0.288 e. The van der Waals surface area contributed by atoms with E-state index in [2.05, 4.69) is 5.32 Å². The summed E-state index contributed by atoms with van der Waals surface area (Å²) in [6.07, 6.45) is 0. The van der Waals surface area contributed by atoms with Crippen molar-refractivity contribution in [3.05, 3.63) is 29.8 Å². The van der Waals surface area contributed by atoms with Crippen molar-refractivity contribution in [3.8, 4) is 0 Å². The summed E-state index contributed by atoms with van der Waals surface area (Å²) in [5.74, 6) is -2.93. The molecule has 1 heterocycles. The highest BCUT2D eigenvalue weighted by Gasteiger charge is 2.29. The Morgan fingerprint density at radius 2 is 2.05 bits per heavy atom. The summed E-state index contributed by atoms with van der Waals surface area (Å²) in [6, 6.07) is 5.46. The first kappa shape index (κ1) is 14.8. The van der Waals surface area contributed by atoms with Gasteiger partial charge in [0, 0.05) is 23.5 Å². The number of amides is 2.